The zero-order valence-corrected chi connectivity index (χ0v) is 19.1. The Balaban J connectivity index is 1.54. The van der Waals surface area contributed by atoms with Crippen LogP contribution in [0.1, 0.15) is 24.0 Å². The summed E-state index contributed by atoms with van der Waals surface area (Å²) in [5.41, 5.74) is 1.60. The molecule has 0 saturated carbocycles. The second-order valence-corrected chi connectivity index (χ2v) is 8.37. The van der Waals surface area contributed by atoms with E-state index in [0.29, 0.717) is 54.0 Å². The molecule has 0 bridgehead atoms. The van der Waals surface area contributed by atoms with Crippen LogP contribution >= 0.6 is 11.6 Å². The summed E-state index contributed by atoms with van der Waals surface area (Å²) < 4.78 is 48.7. The minimum Gasteiger partial charge on any atom is -0.490 e. The van der Waals surface area contributed by atoms with Gasteiger partial charge in [-0.25, -0.2) is 4.98 Å². The van der Waals surface area contributed by atoms with Crippen LogP contribution in [0.25, 0.3) is 11.0 Å². The highest BCUT2D eigenvalue weighted by molar-refractivity contribution is 6.29. The zero-order chi connectivity index (χ0) is 24.6. The van der Waals surface area contributed by atoms with E-state index in [4.69, 9.17) is 16.3 Å². The number of hydrogen-bond acceptors (Lipinski definition) is 6. The summed E-state index contributed by atoms with van der Waals surface area (Å²) in [6.45, 7) is 2.63. The van der Waals surface area contributed by atoms with Gasteiger partial charge in [0.1, 0.15) is 39.9 Å². The quantitative estimate of drug-likeness (QED) is 0.491. The fourth-order valence-corrected chi connectivity index (χ4v) is 4.25. The summed E-state index contributed by atoms with van der Waals surface area (Å²) in [5.74, 6) is 0.165. The standard InChI is InChI=1S/C23H20ClF3N4O3/c1-13-11-15(34-23(25,26)27)3-5-18(13)33-14-7-9-31(10-8-14)21-16(12-28)22(32)30(2)17-4-6-19(24)29-20(17)21/h3-6,11,14H,7-10H2,1-2H3. The number of nitriles is 1. The molecule has 178 valence electrons. The first kappa shape index (κ1) is 23.7. The summed E-state index contributed by atoms with van der Waals surface area (Å²) in [6, 6.07) is 9.24. The molecule has 3 heterocycles. The van der Waals surface area contributed by atoms with Crippen LogP contribution in [0.2, 0.25) is 5.15 Å². The molecule has 0 amide bonds. The smallest absolute Gasteiger partial charge is 0.490 e. The number of anilines is 1. The van der Waals surface area contributed by atoms with E-state index < -0.39 is 11.9 Å². The molecule has 1 fully saturated rings. The predicted octanol–water partition coefficient (Wildman–Crippen LogP) is 4.71. The van der Waals surface area contributed by atoms with Gasteiger partial charge in [0.25, 0.3) is 5.56 Å². The molecule has 7 nitrogen and oxygen atoms in total. The van der Waals surface area contributed by atoms with Crippen molar-refractivity contribution < 1.29 is 22.6 Å². The Morgan fingerprint density at radius 1 is 1.21 bits per heavy atom. The number of alkyl halides is 3. The molecule has 0 unspecified atom stereocenters. The van der Waals surface area contributed by atoms with Crippen molar-refractivity contribution in [2.75, 3.05) is 18.0 Å². The van der Waals surface area contributed by atoms with Crippen LogP contribution < -0.4 is 19.9 Å². The van der Waals surface area contributed by atoms with Crippen molar-refractivity contribution in [2.24, 2.45) is 7.05 Å². The highest BCUT2D eigenvalue weighted by Gasteiger charge is 2.31. The number of benzene rings is 1. The van der Waals surface area contributed by atoms with Gasteiger partial charge in [-0.2, -0.15) is 5.26 Å². The molecule has 1 aliphatic heterocycles. The Morgan fingerprint density at radius 3 is 2.53 bits per heavy atom. The second kappa shape index (κ2) is 9.06. The number of nitrogens with zero attached hydrogens (tertiary/aromatic N) is 4. The van der Waals surface area contributed by atoms with Crippen molar-refractivity contribution >= 4 is 28.3 Å². The van der Waals surface area contributed by atoms with Crippen LogP contribution in [0, 0.1) is 18.3 Å². The highest BCUT2D eigenvalue weighted by Crippen LogP contribution is 2.33. The molecule has 0 radical (unpaired) electrons. The molecule has 1 aromatic carbocycles. The Morgan fingerprint density at radius 2 is 1.91 bits per heavy atom. The SMILES string of the molecule is Cc1cc(OC(F)(F)F)ccc1OC1CCN(c2c(C#N)c(=O)n(C)c3ccc(Cl)nc23)CC1. The minimum absolute atomic E-state index is 0.000216. The molecule has 0 spiro atoms. The van der Waals surface area contributed by atoms with Crippen molar-refractivity contribution in [3.63, 3.8) is 0 Å². The number of aromatic nitrogens is 2. The third-order valence-corrected chi connectivity index (χ3v) is 5.94. The summed E-state index contributed by atoms with van der Waals surface area (Å²) in [5, 5.41) is 9.95. The number of halogens is 4. The molecular formula is C23H20ClF3N4O3. The van der Waals surface area contributed by atoms with Crippen molar-refractivity contribution in [3.8, 4) is 17.6 Å². The first-order valence-corrected chi connectivity index (χ1v) is 10.8. The van der Waals surface area contributed by atoms with Crippen LogP contribution in [0.4, 0.5) is 18.9 Å². The van der Waals surface area contributed by atoms with Gasteiger partial charge in [0.05, 0.1) is 11.2 Å². The zero-order valence-electron chi connectivity index (χ0n) is 18.3. The van der Waals surface area contributed by atoms with Crippen LogP contribution in [0.15, 0.2) is 35.1 Å². The average Bonchev–Trinajstić information content (AvgIpc) is 2.77. The maximum absolute atomic E-state index is 12.8. The molecule has 0 N–H and O–H groups in total. The van der Waals surface area contributed by atoms with Gasteiger partial charge in [-0.05, 0) is 42.8 Å². The van der Waals surface area contributed by atoms with Gasteiger partial charge in [-0.1, -0.05) is 11.6 Å². The molecule has 0 aliphatic carbocycles. The predicted molar refractivity (Wildman–Crippen MR) is 120 cm³/mol. The van der Waals surface area contributed by atoms with Gasteiger partial charge in [-0.3, -0.25) is 4.79 Å². The van der Waals surface area contributed by atoms with Crippen LogP contribution in [-0.4, -0.2) is 35.1 Å². The molecule has 1 saturated heterocycles. The molecule has 1 aliphatic rings. The minimum atomic E-state index is -4.76. The molecule has 3 aromatic rings. The lowest BCUT2D eigenvalue weighted by Crippen LogP contribution is -2.40. The van der Waals surface area contributed by atoms with E-state index in [1.807, 2.05) is 11.0 Å². The number of hydrogen-bond donors (Lipinski definition) is 0. The third kappa shape index (κ3) is 4.75. The van der Waals surface area contributed by atoms with Crippen LogP contribution in [0.3, 0.4) is 0 Å². The van der Waals surface area contributed by atoms with E-state index in [0.717, 1.165) is 0 Å². The van der Waals surface area contributed by atoms with E-state index >= 15 is 0 Å². The van der Waals surface area contributed by atoms with E-state index in [2.05, 4.69) is 9.72 Å². The van der Waals surface area contributed by atoms with E-state index in [-0.39, 0.29) is 22.6 Å². The van der Waals surface area contributed by atoms with Crippen molar-refractivity contribution in [3.05, 3.63) is 57.0 Å². The van der Waals surface area contributed by atoms with Crippen molar-refractivity contribution in [1.29, 1.82) is 5.26 Å². The number of piperidine rings is 1. The van der Waals surface area contributed by atoms with Gasteiger partial charge in [-0.15, -0.1) is 13.2 Å². The van der Waals surface area contributed by atoms with Gasteiger partial charge in [0.15, 0.2) is 0 Å². The molecule has 11 heteroatoms. The summed E-state index contributed by atoms with van der Waals surface area (Å²) >= 11 is 6.10. The Bertz CT molecular complexity index is 1340. The fourth-order valence-electron chi connectivity index (χ4n) is 4.11. The van der Waals surface area contributed by atoms with E-state index in [9.17, 15) is 23.2 Å². The second-order valence-electron chi connectivity index (χ2n) is 7.98. The van der Waals surface area contributed by atoms with Crippen LogP contribution in [-0.2, 0) is 7.05 Å². The first-order chi connectivity index (χ1) is 16.1. The topological polar surface area (TPSA) is 80.4 Å². The summed E-state index contributed by atoms with van der Waals surface area (Å²) in [4.78, 5) is 19.1. The fraction of sp³-hybridized carbons (Fsp3) is 0.348. The van der Waals surface area contributed by atoms with Gasteiger partial charge in [0, 0.05) is 33.0 Å². The van der Waals surface area contributed by atoms with Crippen molar-refractivity contribution in [2.45, 2.75) is 32.2 Å². The molecule has 0 atom stereocenters. The van der Waals surface area contributed by atoms with E-state index in [1.165, 1.54) is 22.8 Å². The summed E-state index contributed by atoms with van der Waals surface area (Å²) in [7, 11) is 1.58. The Hall–Kier alpha value is -3.45. The molecule has 2 aromatic heterocycles. The maximum Gasteiger partial charge on any atom is 0.573 e. The molecular weight excluding hydrogens is 473 g/mol. The number of pyridine rings is 2. The van der Waals surface area contributed by atoms with Crippen LogP contribution in [0.5, 0.6) is 11.5 Å². The van der Waals surface area contributed by atoms with Gasteiger partial charge >= 0.3 is 6.36 Å². The van der Waals surface area contributed by atoms with Gasteiger partial charge < -0.3 is 18.9 Å². The van der Waals surface area contributed by atoms with Crippen molar-refractivity contribution in [1.82, 2.24) is 9.55 Å². The Kier molecular flexibility index (Phi) is 6.32. The van der Waals surface area contributed by atoms with E-state index in [1.54, 1.807) is 26.1 Å². The largest absolute Gasteiger partial charge is 0.573 e. The summed E-state index contributed by atoms with van der Waals surface area (Å²) in [6.07, 6.45) is -3.81. The first-order valence-electron chi connectivity index (χ1n) is 10.4. The Labute approximate surface area is 197 Å². The number of rotatable bonds is 4. The highest BCUT2D eigenvalue weighted by atomic mass is 35.5. The maximum atomic E-state index is 12.8. The molecule has 4 rings (SSSR count). The van der Waals surface area contributed by atoms with Gasteiger partial charge in [0.2, 0.25) is 0 Å². The number of fused-ring (bicyclic) bond motifs is 1. The monoisotopic (exact) mass is 492 g/mol. The third-order valence-electron chi connectivity index (χ3n) is 5.72. The number of aryl methyl sites for hydroxylation is 2. The lowest BCUT2D eigenvalue weighted by atomic mass is 10.0. The average molecular weight is 493 g/mol. The molecule has 34 heavy (non-hydrogen) atoms. The lowest BCUT2D eigenvalue weighted by Gasteiger charge is -2.34. The number of ether oxygens (including phenoxy) is 2. The lowest BCUT2D eigenvalue weighted by molar-refractivity contribution is -0.274. The normalized spacial score (nSPS) is 14.8.